The minimum Gasteiger partial charge on any atom is -0.398 e. The average Bonchev–Trinajstić information content (AvgIpc) is 2.32. The summed E-state index contributed by atoms with van der Waals surface area (Å²) >= 11 is 5.80. The molecule has 1 atom stereocenters. The smallest absolute Gasteiger partial charge is 0.393 e. The number of nitrogens with two attached hydrogens (primary N) is 1. The summed E-state index contributed by atoms with van der Waals surface area (Å²) in [5.74, 6) is -1.23. The van der Waals surface area contributed by atoms with Crippen LogP contribution in [0.2, 0.25) is 5.02 Å². The molecule has 19 heavy (non-hydrogen) atoms. The number of halogens is 4. The van der Waals surface area contributed by atoms with Crippen molar-refractivity contribution >= 4 is 17.3 Å². The number of anilines is 1. The quantitative estimate of drug-likeness (QED) is 0.842. The van der Waals surface area contributed by atoms with Crippen LogP contribution >= 0.6 is 11.6 Å². The Balaban J connectivity index is 2.03. The summed E-state index contributed by atoms with van der Waals surface area (Å²) in [5, 5.41) is 0.535. The lowest BCUT2D eigenvalue weighted by Crippen LogP contribution is -2.41. The van der Waals surface area contributed by atoms with E-state index in [0.717, 1.165) is 5.56 Å². The Morgan fingerprint density at radius 2 is 2.11 bits per heavy atom. The van der Waals surface area contributed by atoms with Crippen molar-refractivity contribution in [3.8, 4) is 0 Å². The van der Waals surface area contributed by atoms with Gasteiger partial charge in [-0.15, -0.1) is 0 Å². The first-order chi connectivity index (χ1) is 8.86. The highest BCUT2D eigenvalue weighted by Gasteiger charge is 2.41. The summed E-state index contributed by atoms with van der Waals surface area (Å²) in [5.41, 5.74) is 7.18. The second-order valence-electron chi connectivity index (χ2n) is 4.96. The Labute approximate surface area is 115 Å². The van der Waals surface area contributed by atoms with E-state index in [1.54, 1.807) is 23.1 Å². The molecule has 6 heteroatoms. The first kappa shape index (κ1) is 14.5. The maximum absolute atomic E-state index is 12.7. The Hall–Kier alpha value is -0.940. The van der Waals surface area contributed by atoms with Crippen LogP contribution in [0.3, 0.4) is 0 Å². The minimum absolute atomic E-state index is 0.0472. The molecule has 0 radical (unpaired) electrons. The zero-order valence-electron chi connectivity index (χ0n) is 10.4. The van der Waals surface area contributed by atoms with Gasteiger partial charge in [0.05, 0.1) is 5.92 Å². The molecule has 0 aromatic heterocycles. The van der Waals surface area contributed by atoms with E-state index in [9.17, 15) is 13.2 Å². The van der Waals surface area contributed by atoms with Crippen molar-refractivity contribution in [1.29, 1.82) is 0 Å². The molecule has 0 aliphatic carbocycles. The van der Waals surface area contributed by atoms with Crippen molar-refractivity contribution in [2.24, 2.45) is 5.92 Å². The molecule has 1 aliphatic rings. The SMILES string of the molecule is Nc1cc(Cl)ccc1CN1CCCC(C(F)(F)F)C1. The highest BCUT2D eigenvalue weighted by atomic mass is 35.5. The van der Waals surface area contributed by atoms with Crippen molar-refractivity contribution in [3.05, 3.63) is 28.8 Å². The monoisotopic (exact) mass is 292 g/mol. The minimum atomic E-state index is -4.11. The predicted octanol–water partition coefficient (Wildman–Crippen LogP) is 3.70. The number of hydrogen-bond acceptors (Lipinski definition) is 2. The molecule has 2 N–H and O–H groups in total. The summed E-state index contributed by atoms with van der Waals surface area (Å²) in [7, 11) is 0. The molecule has 0 amide bonds. The van der Waals surface area contributed by atoms with Crippen LogP contribution in [0.5, 0.6) is 0 Å². The van der Waals surface area contributed by atoms with Gasteiger partial charge in [0.1, 0.15) is 0 Å². The van der Waals surface area contributed by atoms with Gasteiger partial charge in [-0.05, 0) is 37.1 Å². The van der Waals surface area contributed by atoms with Crippen molar-refractivity contribution in [2.45, 2.75) is 25.6 Å². The molecule has 2 rings (SSSR count). The van der Waals surface area contributed by atoms with Gasteiger partial charge in [-0.2, -0.15) is 13.2 Å². The molecule has 1 fully saturated rings. The number of piperidine rings is 1. The third-order valence-electron chi connectivity index (χ3n) is 3.47. The van der Waals surface area contributed by atoms with E-state index in [2.05, 4.69) is 0 Å². The maximum atomic E-state index is 12.7. The van der Waals surface area contributed by atoms with Crippen LogP contribution < -0.4 is 5.73 Å². The van der Waals surface area contributed by atoms with Gasteiger partial charge in [0, 0.05) is 23.8 Å². The van der Waals surface area contributed by atoms with Crippen molar-refractivity contribution < 1.29 is 13.2 Å². The van der Waals surface area contributed by atoms with Gasteiger partial charge in [-0.25, -0.2) is 0 Å². The van der Waals surface area contributed by atoms with E-state index in [1.807, 2.05) is 0 Å². The number of benzene rings is 1. The van der Waals surface area contributed by atoms with E-state index in [4.69, 9.17) is 17.3 Å². The number of hydrogen-bond donors (Lipinski definition) is 1. The maximum Gasteiger partial charge on any atom is 0.393 e. The highest BCUT2D eigenvalue weighted by molar-refractivity contribution is 6.30. The van der Waals surface area contributed by atoms with Crippen LogP contribution in [0.15, 0.2) is 18.2 Å². The Morgan fingerprint density at radius 1 is 1.37 bits per heavy atom. The van der Waals surface area contributed by atoms with E-state index < -0.39 is 12.1 Å². The lowest BCUT2D eigenvalue weighted by Gasteiger charge is -2.33. The fourth-order valence-electron chi connectivity index (χ4n) is 2.42. The summed E-state index contributed by atoms with van der Waals surface area (Å²) in [6.07, 6.45) is -3.32. The molecule has 1 heterocycles. The van der Waals surface area contributed by atoms with Crippen molar-refractivity contribution in [2.75, 3.05) is 18.8 Å². The Bertz CT molecular complexity index is 448. The zero-order valence-corrected chi connectivity index (χ0v) is 11.1. The number of nitrogen functional groups attached to an aromatic ring is 1. The second-order valence-corrected chi connectivity index (χ2v) is 5.40. The van der Waals surface area contributed by atoms with Crippen molar-refractivity contribution in [3.63, 3.8) is 0 Å². The summed E-state index contributed by atoms with van der Waals surface area (Å²) in [4.78, 5) is 1.81. The normalized spacial score (nSPS) is 21.6. The number of likely N-dealkylation sites (tertiary alicyclic amines) is 1. The fourth-order valence-corrected chi connectivity index (χ4v) is 2.60. The molecule has 1 unspecified atom stereocenters. The molecular formula is C13H16ClF3N2. The molecule has 1 aromatic carbocycles. The van der Waals surface area contributed by atoms with E-state index in [1.165, 1.54) is 0 Å². The van der Waals surface area contributed by atoms with Crippen molar-refractivity contribution in [1.82, 2.24) is 4.90 Å². The third kappa shape index (κ3) is 3.76. The van der Waals surface area contributed by atoms with Gasteiger partial charge >= 0.3 is 6.18 Å². The van der Waals surface area contributed by atoms with Gasteiger partial charge in [-0.1, -0.05) is 17.7 Å². The van der Waals surface area contributed by atoms with Gasteiger partial charge in [0.25, 0.3) is 0 Å². The van der Waals surface area contributed by atoms with Gasteiger partial charge in [-0.3, -0.25) is 4.90 Å². The average molecular weight is 293 g/mol. The molecule has 0 saturated carbocycles. The Morgan fingerprint density at radius 3 is 2.74 bits per heavy atom. The molecule has 1 aromatic rings. The molecule has 0 bridgehead atoms. The van der Waals surface area contributed by atoms with Crippen LogP contribution in [0.25, 0.3) is 0 Å². The largest absolute Gasteiger partial charge is 0.398 e. The molecule has 1 saturated heterocycles. The summed E-state index contributed by atoms with van der Waals surface area (Å²) in [6, 6.07) is 5.11. The van der Waals surface area contributed by atoms with Gasteiger partial charge in [0.2, 0.25) is 0 Å². The Kier molecular flexibility index (Phi) is 4.26. The van der Waals surface area contributed by atoms with Gasteiger partial charge in [0.15, 0.2) is 0 Å². The highest BCUT2D eigenvalue weighted by Crippen LogP contribution is 2.33. The fraction of sp³-hybridized carbons (Fsp3) is 0.538. The first-order valence-corrected chi connectivity index (χ1v) is 6.57. The molecule has 2 nitrogen and oxygen atoms in total. The summed E-state index contributed by atoms with van der Waals surface area (Å²) < 4.78 is 38.2. The molecule has 1 aliphatic heterocycles. The van der Waals surface area contributed by atoms with Crippen LogP contribution in [-0.2, 0) is 6.54 Å². The topological polar surface area (TPSA) is 29.3 Å². The number of nitrogens with zero attached hydrogens (tertiary/aromatic N) is 1. The van der Waals surface area contributed by atoms with E-state index in [-0.39, 0.29) is 13.0 Å². The van der Waals surface area contributed by atoms with E-state index >= 15 is 0 Å². The number of rotatable bonds is 2. The second kappa shape index (κ2) is 5.59. The van der Waals surface area contributed by atoms with Gasteiger partial charge < -0.3 is 5.73 Å². The first-order valence-electron chi connectivity index (χ1n) is 6.19. The standard InChI is InChI=1S/C13H16ClF3N2/c14-11-4-3-9(12(18)6-11)7-19-5-1-2-10(8-19)13(15,16)17/h3-4,6,10H,1-2,5,7-8,18H2. The van der Waals surface area contributed by atoms with Crippen LogP contribution in [0.1, 0.15) is 18.4 Å². The zero-order chi connectivity index (χ0) is 14.0. The van der Waals surface area contributed by atoms with Crippen LogP contribution in [0, 0.1) is 5.92 Å². The molecular weight excluding hydrogens is 277 g/mol. The molecule has 106 valence electrons. The molecule has 0 spiro atoms. The van der Waals surface area contributed by atoms with E-state index in [0.29, 0.717) is 30.2 Å². The predicted molar refractivity (Wildman–Crippen MR) is 69.9 cm³/mol. The third-order valence-corrected chi connectivity index (χ3v) is 3.71. The number of alkyl halides is 3. The van der Waals surface area contributed by atoms with Crippen LogP contribution in [0.4, 0.5) is 18.9 Å². The van der Waals surface area contributed by atoms with Crippen LogP contribution in [-0.4, -0.2) is 24.2 Å². The lowest BCUT2D eigenvalue weighted by molar-refractivity contribution is -0.187. The lowest BCUT2D eigenvalue weighted by atomic mass is 9.97. The summed E-state index contributed by atoms with van der Waals surface area (Å²) in [6.45, 7) is 1.16.